The highest BCUT2D eigenvalue weighted by atomic mass is 79.9. The molecule has 0 aromatic carbocycles. The van der Waals surface area contributed by atoms with Crippen LogP contribution in [0.1, 0.15) is 18.4 Å². The first-order valence-corrected chi connectivity index (χ1v) is 5.91. The molecule has 1 aliphatic carbocycles. The van der Waals surface area contributed by atoms with E-state index in [2.05, 4.69) is 32.3 Å². The van der Waals surface area contributed by atoms with Gasteiger partial charge in [-0.15, -0.1) is 11.6 Å². The molecule has 1 heterocycles. The smallest absolute Gasteiger partial charge is 0.140 e. The SMILES string of the molecule is Cc1cnc(NC2CC(Cl)C2)c(Br)c1. The van der Waals surface area contributed by atoms with E-state index in [9.17, 15) is 0 Å². The number of nitrogens with one attached hydrogen (secondary N) is 1. The molecule has 1 N–H and O–H groups in total. The summed E-state index contributed by atoms with van der Waals surface area (Å²) in [4.78, 5) is 4.32. The fourth-order valence-corrected chi connectivity index (χ4v) is 2.51. The molecule has 4 heteroatoms. The van der Waals surface area contributed by atoms with Gasteiger partial charge in [0.05, 0.1) is 4.47 Å². The van der Waals surface area contributed by atoms with Gasteiger partial charge in [-0.05, 0) is 47.3 Å². The summed E-state index contributed by atoms with van der Waals surface area (Å²) in [5, 5.41) is 3.71. The van der Waals surface area contributed by atoms with Crippen LogP contribution in [0.3, 0.4) is 0 Å². The number of anilines is 1. The standard InChI is InChI=1S/C10H12BrClN2/c1-6-2-9(11)10(13-5-6)14-8-3-7(12)4-8/h2,5,7-8H,3-4H2,1H3,(H,13,14). The van der Waals surface area contributed by atoms with Crippen molar-refractivity contribution in [3.63, 3.8) is 0 Å². The number of hydrogen-bond acceptors (Lipinski definition) is 2. The normalized spacial score (nSPS) is 25.6. The maximum absolute atomic E-state index is 5.90. The fraction of sp³-hybridized carbons (Fsp3) is 0.500. The fourth-order valence-electron chi connectivity index (χ4n) is 1.50. The van der Waals surface area contributed by atoms with Crippen LogP contribution >= 0.6 is 27.5 Å². The lowest BCUT2D eigenvalue weighted by Crippen LogP contribution is -2.36. The number of nitrogens with zero attached hydrogens (tertiary/aromatic N) is 1. The minimum atomic E-state index is 0.344. The Balaban J connectivity index is 2.02. The van der Waals surface area contributed by atoms with Gasteiger partial charge in [-0.3, -0.25) is 0 Å². The van der Waals surface area contributed by atoms with E-state index in [0.29, 0.717) is 11.4 Å². The first kappa shape index (κ1) is 10.2. The number of halogens is 2. The predicted molar refractivity (Wildman–Crippen MR) is 63.0 cm³/mol. The van der Waals surface area contributed by atoms with Crippen LogP contribution in [0.2, 0.25) is 0 Å². The Morgan fingerprint density at radius 3 is 2.86 bits per heavy atom. The lowest BCUT2D eigenvalue weighted by Gasteiger charge is -2.32. The Bertz CT molecular complexity index is 337. The van der Waals surface area contributed by atoms with E-state index < -0.39 is 0 Å². The predicted octanol–water partition coefficient (Wildman–Crippen LogP) is 3.33. The Morgan fingerprint density at radius 2 is 2.29 bits per heavy atom. The van der Waals surface area contributed by atoms with E-state index in [-0.39, 0.29) is 0 Å². The second-order valence-corrected chi connectivity index (χ2v) is 5.22. The van der Waals surface area contributed by atoms with Gasteiger partial charge < -0.3 is 5.32 Å². The number of aromatic nitrogens is 1. The van der Waals surface area contributed by atoms with Gasteiger partial charge in [0, 0.05) is 17.6 Å². The largest absolute Gasteiger partial charge is 0.366 e. The maximum atomic E-state index is 5.90. The Hall–Kier alpha value is -0.280. The molecule has 0 saturated heterocycles. The highest BCUT2D eigenvalue weighted by Crippen LogP contribution is 2.30. The van der Waals surface area contributed by atoms with Crippen LogP contribution < -0.4 is 5.32 Å². The molecule has 1 aromatic heterocycles. The third-order valence-corrected chi connectivity index (χ3v) is 3.36. The first-order valence-electron chi connectivity index (χ1n) is 4.68. The van der Waals surface area contributed by atoms with E-state index in [1.165, 1.54) is 0 Å². The molecular weight excluding hydrogens is 263 g/mol. The van der Waals surface area contributed by atoms with Crippen molar-refractivity contribution in [3.05, 3.63) is 22.3 Å². The molecule has 0 radical (unpaired) electrons. The van der Waals surface area contributed by atoms with Gasteiger partial charge in [-0.1, -0.05) is 0 Å². The highest BCUT2D eigenvalue weighted by molar-refractivity contribution is 9.10. The zero-order chi connectivity index (χ0) is 10.1. The third kappa shape index (κ3) is 2.20. The Labute approximate surface area is 97.2 Å². The van der Waals surface area contributed by atoms with Crippen LogP contribution in [0.5, 0.6) is 0 Å². The molecule has 1 saturated carbocycles. The lowest BCUT2D eigenvalue weighted by atomic mass is 9.92. The first-order chi connectivity index (χ1) is 6.65. The van der Waals surface area contributed by atoms with E-state index in [0.717, 1.165) is 28.7 Å². The molecule has 0 spiro atoms. The summed E-state index contributed by atoms with van der Waals surface area (Å²) in [5.74, 6) is 0.921. The van der Waals surface area contributed by atoms with Crippen molar-refractivity contribution >= 4 is 33.3 Å². The summed E-state index contributed by atoms with van der Waals surface area (Å²) in [6.07, 6.45) is 3.93. The summed E-state index contributed by atoms with van der Waals surface area (Å²) in [6, 6.07) is 2.55. The van der Waals surface area contributed by atoms with Gasteiger partial charge in [0.2, 0.25) is 0 Å². The van der Waals surface area contributed by atoms with Crippen molar-refractivity contribution in [2.75, 3.05) is 5.32 Å². The molecule has 2 nitrogen and oxygen atoms in total. The average Bonchev–Trinajstić information content (AvgIpc) is 2.06. The van der Waals surface area contributed by atoms with Crippen molar-refractivity contribution in [2.24, 2.45) is 0 Å². The van der Waals surface area contributed by atoms with E-state index in [4.69, 9.17) is 11.6 Å². The molecular formula is C10H12BrClN2. The zero-order valence-corrected chi connectivity index (χ0v) is 10.3. The second kappa shape index (κ2) is 4.07. The number of hydrogen-bond donors (Lipinski definition) is 1. The number of aryl methyl sites for hydroxylation is 1. The van der Waals surface area contributed by atoms with Gasteiger partial charge in [0.15, 0.2) is 0 Å². The van der Waals surface area contributed by atoms with Crippen molar-refractivity contribution in [1.29, 1.82) is 0 Å². The quantitative estimate of drug-likeness (QED) is 0.838. The van der Waals surface area contributed by atoms with Crippen molar-refractivity contribution in [3.8, 4) is 0 Å². The average molecular weight is 276 g/mol. The molecule has 2 rings (SSSR count). The maximum Gasteiger partial charge on any atom is 0.140 e. The van der Waals surface area contributed by atoms with Gasteiger partial charge in [-0.25, -0.2) is 4.98 Å². The number of rotatable bonds is 2. The molecule has 1 aromatic rings. The van der Waals surface area contributed by atoms with E-state index in [1.54, 1.807) is 0 Å². The minimum absolute atomic E-state index is 0.344. The van der Waals surface area contributed by atoms with Gasteiger partial charge in [0.1, 0.15) is 5.82 Å². The molecule has 0 aliphatic heterocycles. The Kier molecular flexibility index (Phi) is 2.98. The van der Waals surface area contributed by atoms with Crippen LogP contribution in [0.4, 0.5) is 5.82 Å². The highest BCUT2D eigenvalue weighted by Gasteiger charge is 2.27. The second-order valence-electron chi connectivity index (χ2n) is 3.75. The van der Waals surface area contributed by atoms with Crippen molar-refractivity contribution < 1.29 is 0 Å². The molecule has 0 bridgehead atoms. The topological polar surface area (TPSA) is 24.9 Å². The van der Waals surface area contributed by atoms with Gasteiger partial charge in [-0.2, -0.15) is 0 Å². The summed E-state index contributed by atoms with van der Waals surface area (Å²) in [7, 11) is 0. The summed E-state index contributed by atoms with van der Waals surface area (Å²) in [6.45, 7) is 2.03. The molecule has 1 fully saturated rings. The van der Waals surface area contributed by atoms with Gasteiger partial charge in [0.25, 0.3) is 0 Å². The molecule has 0 unspecified atom stereocenters. The van der Waals surface area contributed by atoms with Crippen molar-refractivity contribution in [1.82, 2.24) is 4.98 Å². The number of pyridine rings is 1. The minimum Gasteiger partial charge on any atom is -0.366 e. The van der Waals surface area contributed by atoms with Crippen LogP contribution in [-0.4, -0.2) is 16.4 Å². The summed E-state index contributed by atoms with van der Waals surface area (Å²) >= 11 is 9.39. The monoisotopic (exact) mass is 274 g/mol. The molecule has 0 atom stereocenters. The van der Waals surface area contributed by atoms with E-state index in [1.807, 2.05) is 13.1 Å². The third-order valence-electron chi connectivity index (χ3n) is 2.40. The van der Waals surface area contributed by atoms with Crippen molar-refractivity contribution in [2.45, 2.75) is 31.2 Å². The molecule has 76 valence electrons. The lowest BCUT2D eigenvalue weighted by molar-refractivity contribution is 0.453. The van der Waals surface area contributed by atoms with Crippen LogP contribution in [-0.2, 0) is 0 Å². The van der Waals surface area contributed by atoms with Crippen LogP contribution in [0.25, 0.3) is 0 Å². The number of alkyl halides is 1. The molecule has 0 amide bonds. The van der Waals surface area contributed by atoms with E-state index >= 15 is 0 Å². The Morgan fingerprint density at radius 1 is 1.57 bits per heavy atom. The van der Waals surface area contributed by atoms with Crippen LogP contribution in [0, 0.1) is 6.92 Å². The molecule has 14 heavy (non-hydrogen) atoms. The summed E-state index contributed by atoms with van der Waals surface area (Å²) in [5.41, 5.74) is 1.16. The van der Waals surface area contributed by atoms with Gasteiger partial charge >= 0.3 is 0 Å². The zero-order valence-electron chi connectivity index (χ0n) is 7.93. The molecule has 1 aliphatic rings. The summed E-state index contributed by atoms with van der Waals surface area (Å²) < 4.78 is 1.02. The van der Waals surface area contributed by atoms with Crippen LogP contribution in [0.15, 0.2) is 16.7 Å².